The number of aliphatic carboxylic acids is 1. The molecule has 0 aliphatic heterocycles. The molecule has 1 rings (SSSR count). The summed E-state index contributed by atoms with van der Waals surface area (Å²) in [5.41, 5.74) is 0.422. The smallest absolute Gasteiger partial charge is 0.303 e. The molecule has 0 saturated heterocycles. The van der Waals surface area contributed by atoms with E-state index in [9.17, 15) is 18.2 Å². The molecule has 20 heavy (non-hydrogen) atoms. The van der Waals surface area contributed by atoms with Crippen LogP contribution in [0.1, 0.15) is 19.8 Å². The van der Waals surface area contributed by atoms with Crippen LogP contribution in [0.2, 0.25) is 0 Å². The molecule has 0 spiro atoms. The summed E-state index contributed by atoms with van der Waals surface area (Å²) < 4.78 is 24.5. The molecule has 2 N–H and O–H groups in total. The van der Waals surface area contributed by atoms with E-state index in [2.05, 4.69) is 5.32 Å². The van der Waals surface area contributed by atoms with Gasteiger partial charge in [0, 0.05) is 28.7 Å². The number of carboxylic acid groups (broad SMARTS) is 1. The van der Waals surface area contributed by atoms with Gasteiger partial charge < -0.3 is 10.4 Å². The molecular weight excluding hydrogens is 285 g/mol. The van der Waals surface area contributed by atoms with Gasteiger partial charge in [-0.15, -0.1) is 0 Å². The molecule has 0 aliphatic carbocycles. The first-order chi connectivity index (χ1) is 9.40. The molecule has 1 amide bonds. The van der Waals surface area contributed by atoms with Crippen LogP contribution < -0.4 is 5.32 Å². The third-order valence-corrected chi connectivity index (χ3v) is 4.31. The molecule has 0 heterocycles. The fourth-order valence-electron chi connectivity index (χ4n) is 1.44. The van der Waals surface area contributed by atoms with Gasteiger partial charge in [-0.05, 0) is 37.6 Å². The predicted molar refractivity (Wildman–Crippen MR) is 74.4 cm³/mol. The molecule has 1 aromatic carbocycles. The lowest BCUT2D eigenvalue weighted by molar-refractivity contribution is -0.137. The van der Waals surface area contributed by atoms with Gasteiger partial charge in [-0.3, -0.25) is 13.8 Å². The van der Waals surface area contributed by atoms with Crippen molar-refractivity contribution in [2.45, 2.75) is 25.0 Å². The van der Waals surface area contributed by atoms with Gasteiger partial charge in [0.05, 0.1) is 0 Å². The molecule has 5 nitrogen and oxygen atoms in total. The molecule has 0 aliphatic rings. The Hall–Kier alpha value is -1.76. The highest BCUT2D eigenvalue weighted by atomic mass is 32.2. The van der Waals surface area contributed by atoms with Crippen molar-refractivity contribution >= 4 is 28.4 Å². The molecule has 0 fully saturated rings. The van der Waals surface area contributed by atoms with E-state index in [1.165, 1.54) is 31.2 Å². The summed E-state index contributed by atoms with van der Waals surface area (Å²) >= 11 is 0. The monoisotopic (exact) mass is 301 g/mol. The number of carboxylic acids is 1. The maximum atomic E-state index is 12.7. The fraction of sp³-hybridized carbons (Fsp3) is 0.385. The third-order valence-electron chi connectivity index (χ3n) is 2.61. The van der Waals surface area contributed by atoms with Crippen LogP contribution in [0, 0.1) is 5.82 Å². The van der Waals surface area contributed by atoms with E-state index in [0.29, 0.717) is 5.69 Å². The number of carbonyl (C=O) groups excluding carboxylic acids is 1. The van der Waals surface area contributed by atoms with E-state index in [4.69, 9.17) is 5.11 Å². The average molecular weight is 301 g/mol. The number of halogens is 1. The predicted octanol–water partition coefficient (Wildman–Crippen LogP) is 1.77. The average Bonchev–Trinajstić information content (AvgIpc) is 2.39. The first kappa shape index (κ1) is 16.3. The van der Waals surface area contributed by atoms with E-state index >= 15 is 0 Å². The third kappa shape index (κ3) is 5.48. The molecule has 0 bridgehead atoms. The van der Waals surface area contributed by atoms with E-state index in [1.807, 2.05) is 0 Å². The largest absolute Gasteiger partial charge is 0.481 e. The van der Waals surface area contributed by atoms with Crippen LogP contribution in [0.25, 0.3) is 0 Å². The molecule has 7 heteroatoms. The summed E-state index contributed by atoms with van der Waals surface area (Å²) in [5, 5.41) is 10.3. The molecule has 110 valence electrons. The molecule has 1 aromatic rings. The van der Waals surface area contributed by atoms with Crippen molar-refractivity contribution < 1.29 is 23.3 Å². The van der Waals surface area contributed by atoms with Crippen molar-refractivity contribution in [3.8, 4) is 0 Å². The minimum absolute atomic E-state index is 0.0714. The second-order valence-corrected chi connectivity index (χ2v) is 6.10. The van der Waals surface area contributed by atoms with Crippen LogP contribution in [-0.2, 0) is 20.4 Å². The van der Waals surface area contributed by atoms with E-state index in [0.717, 1.165) is 0 Å². The fourth-order valence-corrected chi connectivity index (χ4v) is 2.52. The number of carbonyl (C=O) groups is 2. The SMILES string of the molecule is CC(C(=O)Nc1ccc(F)cc1)S(=O)CCCC(=O)O. The van der Waals surface area contributed by atoms with Crippen LogP contribution in [0.4, 0.5) is 10.1 Å². The summed E-state index contributed by atoms with van der Waals surface area (Å²) in [6, 6.07) is 5.24. The molecular formula is C13H16FNO4S. The van der Waals surface area contributed by atoms with Crippen LogP contribution in [0.3, 0.4) is 0 Å². The van der Waals surface area contributed by atoms with Crippen LogP contribution in [0.5, 0.6) is 0 Å². The van der Waals surface area contributed by atoms with Crippen molar-refractivity contribution in [2.75, 3.05) is 11.1 Å². The van der Waals surface area contributed by atoms with Gasteiger partial charge >= 0.3 is 5.97 Å². The minimum atomic E-state index is -1.44. The summed E-state index contributed by atoms with van der Waals surface area (Å²) in [7, 11) is -1.44. The van der Waals surface area contributed by atoms with Crippen LogP contribution in [-0.4, -0.2) is 32.2 Å². The highest BCUT2D eigenvalue weighted by molar-refractivity contribution is 7.86. The zero-order valence-corrected chi connectivity index (χ0v) is 11.8. The lowest BCUT2D eigenvalue weighted by atomic mass is 10.3. The lowest BCUT2D eigenvalue weighted by Gasteiger charge is -2.11. The summed E-state index contributed by atoms with van der Waals surface area (Å²) in [4.78, 5) is 22.2. The number of benzene rings is 1. The number of nitrogens with one attached hydrogen (secondary N) is 1. The van der Waals surface area contributed by atoms with Gasteiger partial charge in [0.1, 0.15) is 11.1 Å². The van der Waals surface area contributed by atoms with E-state index in [-0.39, 0.29) is 18.6 Å². The van der Waals surface area contributed by atoms with Crippen molar-refractivity contribution in [3.63, 3.8) is 0 Å². The second-order valence-electron chi connectivity index (χ2n) is 4.22. The van der Waals surface area contributed by atoms with E-state index in [1.54, 1.807) is 0 Å². The summed E-state index contributed by atoms with van der Waals surface area (Å²) in [6.07, 6.45) is 0.189. The number of hydrogen-bond acceptors (Lipinski definition) is 3. The number of amides is 1. The molecule has 0 saturated carbocycles. The highest BCUT2D eigenvalue weighted by Crippen LogP contribution is 2.10. The zero-order chi connectivity index (χ0) is 15.1. The zero-order valence-electron chi connectivity index (χ0n) is 11.0. The Morgan fingerprint density at radius 1 is 1.35 bits per heavy atom. The number of rotatable bonds is 7. The Morgan fingerprint density at radius 3 is 2.50 bits per heavy atom. The Bertz CT molecular complexity index is 504. The lowest BCUT2D eigenvalue weighted by Crippen LogP contribution is -2.30. The van der Waals surface area contributed by atoms with Crippen molar-refractivity contribution in [1.29, 1.82) is 0 Å². The van der Waals surface area contributed by atoms with Gasteiger partial charge in [-0.1, -0.05) is 0 Å². The van der Waals surface area contributed by atoms with Gasteiger partial charge in [0.25, 0.3) is 0 Å². The summed E-state index contributed by atoms with van der Waals surface area (Å²) in [5.74, 6) is -1.64. The quantitative estimate of drug-likeness (QED) is 0.804. The minimum Gasteiger partial charge on any atom is -0.481 e. The van der Waals surface area contributed by atoms with Crippen LogP contribution in [0.15, 0.2) is 24.3 Å². The molecule has 2 atom stereocenters. The first-order valence-electron chi connectivity index (χ1n) is 6.05. The van der Waals surface area contributed by atoms with E-state index < -0.39 is 33.7 Å². The standard InChI is InChI=1S/C13H16FNO4S/c1-9(20(19)8-2-3-12(16)17)13(18)15-11-6-4-10(14)5-7-11/h4-7,9H,2-3,8H2,1H3,(H,15,18)(H,16,17). The Kier molecular flexibility index (Phi) is 6.30. The molecule has 0 aromatic heterocycles. The number of anilines is 1. The van der Waals surface area contributed by atoms with Gasteiger partial charge in [0.15, 0.2) is 0 Å². The van der Waals surface area contributed by atoms with Crippen molar-refractivity contribution in [1.82, 2.24) is 0 Å². The molecule has 2 unspecified atom stereocenters. The van der Waals surface area contributed by atoms with Crippen molar-refractivity contribution in [2.24, 2.45) is 0 Å². The van der Waals surface area contributed by atoms with Gasteiger partial charge in [-0.25, -0.2) is 4.39 Å². The second kappa shape index (κ2) is 7.74. The maximum Gasteiger partial charge on any atom is 0.303 e. The topological polar surface area (TPSA) is 83.5 Å². The van der Waals surface area contributed by atoms with Crippen molar-refractivity contribution in [3.05, 3.63) is 30.1 Å². The first-order valence-corrected chi connectivity index (χ1v) is 7.43. The highest BCUT2D eigenvalue weighted by Gasteiger charge is 2.20. The van der Waals surface area contributed by atoms with Gasteiger partial charge in [0.2, 0.25) is 5.91 Å². The number of hydrogen-bond donors (Lipinski definition) is 2. The van der Waals surface area contributed by atoms with Gasteiger partial charge in [-0.2, -0.15) is 0 Å². The maximum absolute atomic E-state index is 12.7. The van der Waals surface area contributed by atoms with Crippen LogP contribution >= 0.6 is 0 Å². The Balaban J connectivity index is 2.47. The molecule has 0 radical (unpaired) electrons. The Morgan fingerprint density at radius 2 is 1.95 bits per heavy atom. The summed E-state index contributed by atoms with van der Waals surface area (Å²) in [6.45, 7) is 1.51. The normalized spacial score (nSPS) is 13.5. The Labute approximate surface area is 118 Å².